The minimum atomic E-state index is -0.242. The van der Waals surface area contributed by atoms with Crippen molar-refractivity contribution >= 4 is 5.69 Å². The Kier molecular flexibility index (Phi) is 3.91. The second-order valence-electron chi connectivity index (χ2n) is 6.57. The largest absolute Gasteiger partial charge is 0.371 e. The van der Waals surface area contributed by atoms with Crippen LogP contribution in [0.3, 0.4) is 0 Å². The van der Waals surface area contributed by atoms with Crippen molar-refractivity contribution in [2.75, 3.05) is 18.0 Å². The highest BCUT2D eigenvalue weighted by atomic mass is 16.1. The summed E-state index contributed by atoms with van der Waals surface area (Å²) < 4.78 is 0. The van der Waals surface area contributed by atoms with Crippen LogP contribution in [0.2, 0.25) is 0 Å². The van der Waals surface area contributed by atoms with Crippen LogP contribution in [0.15, 0.2) is 23.0 Å². The number of hydrogen-bond donors (Lipinski definition) is 3. The lowest BCUT2D eigenvalue weighted by molar-refractivity contribution is 0.410. The summed E-state index contributed by atoms with van der Waals surface area (Å²) in [5.74, 6) is 0.677. The van der Waals surface area contributed by atoms with Crippen molar-refractivity contribution in [2.24, 2.45) is 0 Å². The highest BCUT2D eigenvalue weighted by Gasteiger charge is 2.20. The Labute approximate surface area is 135 Å². The first kappa shape index (κ1) is 14.5. The zero-order chi connectivity index (χ0) is 15.6. The molecule has 23 heavy (non-hydrogen) atoms. The third kappa shape index (κ3) is 3.17. The number of benzene rings is 1. The van der Waals surface area contributed by atoms with Gasteiger partial charge in [-0.3, -0.25) is 4.98 Å². The van der Waals surface area contributed by atoms with Crippen LogP contribution < -0.4 is 15.9 Å². The number of hydrogen-bond acceptors (Lipinski definition) is 4. The van der Waals surface area contributed by atoms with E-state index in [-0.39, 0.29) is 5.69 Å². The fourth-order valence-electron chi connectivity index (χ4n) is 3.73. The second-order valence-corrected chi connectivity index (χ2v) is 6.57. The molecule has 0 bridgehead atoms. The van der Waals surface area contributed by atoms with Gasteiger partial charge in [0.1, 0.15) is 5.82 Å². The SMILES string of the molecule is O=c1[nH]nc(CNC2CCN(c3ccc4c(c3)CCC4)CC2)[nH]1. The molecule has 122 valence electrons. The molecule has 1 aromatic carbocycles. The van der Waals surface area contributed by atoms with Crippen molar-refractivity contribution in [1.82, 2.24) is 20.5 Å². The second kappa shape index (κ2) is 6.20. The lowest BCUT2D eigenvalue weighted by Gasteiger charge is -2.34. The number of aromatic nitrogens is 3. The van der Waals surface area contributed by atoms with Gasteiger partial charge in [0.15, 0.2) is 0 Å². The van der Waals surface area contributed by atoms with Crippen molar-refractivity contribution in [1.29, 1.82) is 0 Å². The zero-order valence-corrected chi connectivity index (χ0v) is 13.3. The summed E-state index contributed by atoms with van der Waals surface area (Å²) in [7, 11) is 0. The Morgan fingerprint density at radius 3 is 2.83 bits per heavy atom. The van der Waals surface area contributed by atoms with Crippen LogP contribution in [0.4, 0.5) is 5.69 Å². The molecule has 0 radical (unpaired) electrons. The van der Waals surface area contributed by atoms with E-state index in [0.717, 1.165) is 25.9 Å². The van der Waals surface area contributed by atoms with Gasteiger partial charge < -0.3 is 10.2 Å². The van der Waals surface area contributed by atoms with Gasteiger partial charge in [0.25, 0.3) is 0 Å². The predicted octanol–water partition coefficient (Wildman–Crippen LogP) is 1.35. The van der Waals surface area contributed by atoms with Crippen LogP contribution in [0, 0.1) is 0 Å². The van der Waals surface area contributed by atoms with Crippen LogP contribution in [-0.2, 0) is 19.4 Å². The lowest BCUT2D eigenvalue weighted by atomic mass is 10.0. The summed E-state index contributed by atoms with van der Waals surface area (Å²) in [5, 5.41) is 9.81. The number of rotatable bonds is 4. The van der Waals surface area contributed by atoms with E-state index < -0.39 is 0 Å². The summed E-state index contributed by atoms with van der Waals surface area (Å²) in [6.45, 7) is 2.77. The number of anilines is 1. The smallest absolute Gasteiger partial charge is 0.340 e. The van der Waals surface area contributed by atoms with E-state index in [1.54, 1.807) is 11.1 Å². The van der Waals surface area contributed by atoms with Crippen LogP contribution in [0.5, 0.6) is 0 Å². The van der Waals surface area contributed by atoms with Gasteiger partial charge >= 0.3 is 5.69 Å². The highest BCUT2D eigenvalue weighted by molar-refractivity contribution is 5.52. The minimum Gasteiger partial charge on any atom is -0.371 e. The molecule has 0 atom stereocenters. The summed E-state index contributed by atoms with van der Waals surface area (Å²) in [6.07, 6.45) is 6.03. The Bertz CT molecular complexity index is 727. The van der Waals surface area contributed by atoms with E-state index in [2.05, 4.69) is 43.6 Å². The topological polar surface area (TPSA) is 76.8 Å². The molecular formula is C17H23N5O. The van der Waals surface area contributed by atoms with Gasteiger partial charge in [-0.25, -0.2) is 9.89 Å². The molecule has 0 spiro atoms. The van der Waals surface area contributed by atoms with Gasteiger partial charge in [0.05, 0.1) is 6.54 Å². The number of aryl methyl sites for hydroxylation is 2. The number of aromatic amines is 2. The molecule has 1 aliphatic heterocycles. The van der Waals surface area contributed by atoms with Crippen LogP contribution in [-0.4, -0.2) is 34.3 Å². The predicted molar refractivity (Wildman–Crippen MR) is 89.8 cm³/mol. The molecular weight excluding hydrogens is 290 g/mol. The molecule has 1 saturated heterocycles. The standard InChI is InChI=1S/C17H23N5O/c23-17-19-16(20-21-17)11-18-14-6-8-22(9-7-14)15-5-4-12-2-1-3-13(12)10-15/h4-5,10,14,18H,1-3,6-9,11H2,(H2,19,20,21,23). The molecule has 6 nitrogen and oxygen atoms in total. The van der Waals surface area contributed by atoms with Gasteiger partial charge in [-0.15, -0.1) is 0 Å². The van der Waals surface area contributed by atoms with E-state index >= 15 is 0 Å². The van der Waals surface area contributed by atoms with Crippen LogP contribution >= 0.6 is 0 Å². The van der Waals surface area contributed by atoms with E-state index in [4.69, 9.17) is 0 Å². The van der Waals surface area contributed by atoms with Crippen molar-refractivity contribution in [3.8, 4) is 0 Å². The molecule has 2 aromatic rings. The number of nitrogens with one attached hydrogen (secondary N) is 3. The molecule has 4 rings (SSSR count). The number of fused-ring (bicyclic) bond motifs is 1. The first-order valence-electron chi connectivity index (χ1n) is 8.51. The highest BCUT2D eigenvalue weighted by Crippen LogP contribution is 2.28. The Balaban J connectivity index is 1.31. The molecule has 2 heterocycles. The Hall–Kier alpha value is -2.08. The van der Waals surface area contributed by atoms with E-state index in [1.165, 1.54) is 24.9 Å². The molecule has 0 unspecified atom stereocenters. The van der Waals surface area contributed by atoms with E-state index in [0.29, 0.717) is 18.4 Å². The van der Waals surface area contributed by atoms with Crippen molar-refractivity contribution < 1.29 is 0 Å². The average molecular weight is 313 g/mol. The Morgan fingerprint density at radius 1 is 1.22 bits per heavy atom. The molecule has 1 aromatic heterocycles. The number of nitrogens with zero attached hydrogens (tertiary/aromatic N) is 2. The summed E-state index contributed by atoms with van der Waals surface area (Å²) in [5.41, 5.74) is 4.22. The van der Waals surface area contributed by atoms with E-state index in [9.17, 15) is 4.79 Å². The van der Waals surface area contributed by atoms with Gasteiger partial charge in [0.2, 0.25) is 0 Å². The fraction of sp³-hybridized carbons (Fsp3) is 0.529. The molecule has 6 heteroatoms. The molecule has 1 aliphatic carbocycles. The normalized spacial score (nSPS) is 18.3. The molecule has 0 saturated carbocycles. The number of H-pyrrole nitrogens is 2. The van der Waals surface area contributed by atoms with Crippen molar-refractivity contribution in [2.45, 2.75) is 44.7 Å². The molecule has 2 aliphatic rings. The molecule has 0 amide bonds. The lowest BCUT2D eigenvalue weighted by Crippen LogP contribution is -2.42. The zero-order valence-electron chi connectivity index (χ0n) is 13.3. The summed E-state index contributed by atoms with van der Waals surface area (Å²) in [6, 6.07) is 7.48. The molecule has 3 N–H and O–H groups in total. The van der Waals surface area contributed by atoms with Crippen molar-refractivity contribution in [3.63, 3.8) is 0 Å². The monoisotopic (exact) mass is 313 g/mol. The first-order chi connectivity index (χ1) is 11.3. The maximum absolute atomic E-state index is 11.0. The third-order valence-corrected chi connectivity index (χ3v) is 5.05. The maximum atomic E-state index is 11.0. The van der Waals surface area contributed by atoms with Gasteiger partial charge in [-0.2, -0.15) is 5.10 Å². The van der Waals surface area contributed by atoms with E-state index in [1.807, 2.05) is 0 Å². The Morgan fingerprint density at radius 2 is 2.04 bits per heavy atom. The van der Waals surface area contributed by atoms with Gasteiger partial charge in [-0.1, -0.05) is 6.07 Å². The van der Waals surface area contributed by atoms with Crippen LogP contribution in [0.1, 0.15) is 36.2 Å². The molecule has 1 fully saturated rings. The summed E-state index contributed by atoms with van der Waals surface area (Å²) in [4.78, 5) is 16.2. The van der Waals surface area contributed by atoms with Crippen molar-refractivity contribution in [3.05, 3.63) is 45.6 Å². The minimum absolute atomic E-state index is 0.242. The maximum Gasteiger partial charge on any atom is 0.340 e. The van der Waals surface area contributed by atoms with Crippen LogP contribution in [0.25, 0.3) is 0 Å². The quantitative estimate of drug-likeness (QED) is 0.796. The van der Waals surface area contributed by atoms with Gasteiger partial charge in [0, 0.05) is 24.8 Å². The average Bonchev–Trinajstić information content (AvgIpc) is 3.21. The number of piperidine rings is 1. The third-order valence-electron chi connectivity index (χ3n) is 5.05. The first-order valence-corrected chi connectivity index (χ1v) is 8.51. The fourth-order valence-corrected chi connectivity index (χ4v) is 3.73. The summed E-state index contributed by atoms with van der Waals surface area (Å²) >= 11 is 0. The van der Waals surface area contributed by atoms with Gasteiger partial charge in [-0.05, 0) is 55.4 Å².